The van der Waals surface area contributed by atoms with Crippen LogP contribution in [-0.4, -0.2) is 19.7 Å². The predicted molar refractivity (Wildman–Crippen MR) is 85.6 cm³/mol. The molecule has 2 nitrogen and oxygen atoms in total. The van der Waals surface area contributed by atoms with E-state index in [4.69, 9.17) is 4.74 Å². The maximum absolute atomic E-state index is 6.12. The van der Waals surface area contributed by atoms with Crippen molar-refractivity contribution in [2.45, 2.75) is 52.4 Å². The van der Waals surface area contributed by atoms with E-state index in [-0.39, 0.29) is 5.41 Å². The summed E-state index contributed by atoms with van der Waals surface area (Å²) in [5.41, 5.74) is 2.72. The van der Waals surface area contributed by atoms with Gasteiger partial charge in [-0.25, -0.2) is 0 Å². The number of hydrogen-bond acceptors (Lipinski definition) is 2. The Morgan fingerprint density at radius 1 is 1.30 bits per heavy atom. The van der Waals surface area contributed by atoms with Crippen molar-refractivity contribution in [1.82, 2.24) is 5.32 Å². The zero-order valence-corrected chi connectivity index (χ0v) is 13.5. The summed E-state index contributed by atoms with van der Waals surface area (Å²) in [5.74, 6) is 1.85. The molecule has 1 saturated heterocycles. The zero-order valence-electron chi connectivity index (χ0n) is 13.5. The number of aryl methyl sites for hydroxylation is 1. The van der Waals surface area contributed by atoms with Gasteiger partial charge in [-0.05, 0) is 67.8 Å². The standard InChI is InChI=1S/C18H29NO/c1-14-7-8-16(18(2,3)4)17(12-14)20-11-9-15-6-5-10-19-13-15/h7-8,12,15,19H,5-6,9-11,13H2,1-4H3. The van der Waals surface area contributed by atoms with Crippen LogP contribution in [0.25, 0.3) is 0 Å². The van der Waals surface area contributed by atoms with Gasteiger partial charge in [0, 0.05) is 0 Å². The first kappa shape index (κ1) is 15.4. The van der Waals surface area contributed by atoms with Gasteiger partial charge in [-0.3, -0.25) is 0 Å². The smallest absolute Gasteiger partial charge is 0.123 e. The van der Waals surface area contributed by atoms with E-state index in [1.165, 1.54) is 30.5 Å². The average molecular weight is 275 g/mol. The summed E-state index contributed by atoms with van der Waals surface area (Å²) in [6, 6.07) is 6.57. The third-order valence-electron chi connectivity index (χ3n) is 4.13. The molecule has 1 unspecified atom stereocenters. The Bertz CT molecular complexity index is 428. The molecular formula is C18H29NO. The predicted octanol–water partition coefficient (Wildman–Crippen LogP) is 4.06. The fourth-order valence-corrected chi connectivity index (χ4v) is 2.87. The Morgan fingerprint density at radius 3 is 2.75 bits per heavy atom. The minimum absolute atomic E-state index is 0.134. The lowest BCUT2D eigenvalue weighted by atomic mass is 9.86. The van der Waals surface area contributed by atoms with Crippen LogP contribution in [0.3, 0.4) is 0 Å². The fraction of sp³-hybridized carbons (Fsp3) is 0.667. The second-order valence-corrected chi connectivity index (χ2v) is 7.10. The van der Waals surface area contributed by atoms with E-state index in [1.807, 2.05) is 0 Å². The van der Waals surface area contributed by atoms with E-state index in [1.54, 1.807) is 0 Å². The number of ether oxygens (including phenoxy) is 1. The van der Waals surface area contributed by atoms with Gasteiger partial charge in [0.1, 0.15) is 5.75 Å². The van der Waals surface area contributed by atoms with Gasteiger partial charge in [-0.15, -0.1) is 0 Å². The Morgan fingerprint density at radius 2 is 2.10 bits per heavy atom. The van der Waals surface area contributed by atoms with Crippen LogP contribution in [0.1, 0.15) is 51.2 Å². The topological polar surface area (TPSA) is 21.3 Å². The van der Waals surface area contributed by atoms with Crippen molar-refractivity contribution in [2.75, 3.05) is 19.7 Å². The SMILES string of the molecule is Cc1ccc(C(C)(C)C)c(OCCC2CCCNC2)c1. The van der Waals surface area contributed by atoms with Gasteiger partial charge in [0.05, 0.1) is 6.61 Å². The summed E-state index contributed by atoms with van der Waals surface area (Å²) in [6.07, 6.45) is 3.81. The van der Waals surface area contributed by atoms with Crippen LogP contribution in [0.4, 0.5) is 0 Å². The van der Waals surface area contributed by atoms with Crippen molar-refractivity contribution < 1.29 is 4.74 Å². The number of piperidine rings is 1. The average Bonchev–Trinajstić information content (AvgIpc) is 2.38. The Hall–Kier alpha value is -1.02. The maximum atomic E-state index is 6.12. The van der Waals surface area contributed by atoms with E-state index >= 15 is 0 Å². The van der Waals surface area contributed by atoms with Crippen LogP contribution < -0.4 is 10.1 Å². The Balaban J connectivity index is 1.95. The van der Waals surface area contributed by atoms with Crippen LogP contribution in [0.2, 0.25) is 0 Å². The molecule has 0 aromatic heterocycles. The van der Waals surface area contributed by atoms with E-state index in [9.17, 15) is 0 Å². The first-order valence-electron chi connectivity index (χ1n) is 7.91. The molecule has 1 aliphatic rings. The van der Waals surface area contributed by atoms with Gasteiger partial charge >= 0.3 is 0 Å². The summed E-state index contributed by atoms with van der Waals surface area (Å²) in [5, 5.41) is 3.47. The maximum Gasteiger partial charge on any atom is 0.123 e. The molecule has 20 heavy (non-hydrogen) atoms. The highest BCUT2D eigenvalue weighted by atomic mass is 16.5. The van der Waals surface area contributed by atoms with Crippen molar-refractivity contribution in [2.24, 2.45) is 5.92 Å². The summed E-state index contributed by atoms with van der Waals surface area (Å²) >= 11 is 0. The molecule has 0 spiro atoms. The van der Waals surface area contributed by atoms with Crippen molar-refractivity contribution in [3.8, 4) is 5.75 Å². The Kier molecular flexibility index (Phi) is 5.09. The van der Waals surface area contributed by atoms with Crippen LogP contribution in [0.5, 0.6) is 5.75 Å². The van der Waals surface area contributed by atoms with E-state index < -0.39 is 0 Å². The molecule has 2 rings (SSSR count). The molecule has 2 heteroatoms. The van der Waals surface area contributed by atoms with Gasteiger partial charge in [0.25, 0.3) is 0 Å². The second kappa shape index (κ2) is 6.62. The molecule has 0 saturated carbocycles. The summed E-state index contributed by atoms with van der Waals surface area (Å²) in [6.45, 7) is 12.0. The summed E-state index contributed by atoms with van der Waals surface area (Å²) in [7, 11) is 0. The van der Waals surface area contributed by atoms with Crippen molar-refractivity contribution in [1.29, 1.82) is 0 Å². The fourth-order valence-electron chi connectivity index (χ4n) is 2.87. The quantitative estimate of drug-likeness (QED) is 0.894. The van der Waals surface area contributed by atoms with Crippen molar-refractivity contribution in [3.05, 3.63) is 29.3 Å². The number of rotatable bonds is 4. The molecule has 1 atom stereocenters. The third kappa shape index (κ3) is 4.24. The molecule has 1 N–H and O–H groups in total. The second-order valence-electron chi connectivity index (χ2n) is 7.10. The lowest BCUT2D eigenvalue weighted by Gasteiger charge is -2.25. The first-order chi connectivity index (χ1) is 9.47. The number of benzene rings is 1. The zero-order chi connectivity index (χ0) is 14.6. The highest BCUT2D eigenvalue weighted by Gasteiger charge is 2.19. The van der Waals surface area contributed by atoms with Gasteiger partial charge in [-0.2, -0.15) is 0 Å². The molecule has 1 heterocycles. The van der Waals surface area contributed by atoms with Crippen LogP contribution in [0.15, 0.2) is 18.2 Å². The molecule has 0 aliphatic carbocycles. The van der Waals surface area contributed by atoms with Crippen LogP contribution >= 0.6 is 0 Å². The normalized spacial score (nSPS) is 19.9. The molecule has 1 fully saturated rings. The minimum atomic E-state index is 0.134. The third-order valence-corrected chi connectivity index (χ3v) is 4.13. The molecule has 1 aromatic carbocycles. The molecule has 1 aliphatic heterocycles. The molecule has 0 bridgehead atoms. The van der Waals surface area contributed by atoms with Crippen molar-refractivity contribution >= 4 is 0 Å². The van der Waals surface area contributed by atoms with Crippen LogP contribution in [0, 0.1) is 12.8 Å². The molecule has 1 aromatic rings. The van der Waals surface area contributed by atoms with E-state index in [0.717, 1.165) is 31.2 Å². The molecule has 112 valence electrons. The number of hydrogen-bond donors (Lipinski definition) is 1. The largest absolute Gasteiger partial charge is 0.493 e. The van der Waals surface area contributed by atoms with Crippen molar-refractivity contribution in [3.63, 3.8) is 0 Å². The number of nitrogens with one attached hydrogen (secondary N) is 1. The molecule has 0 radical (unpaired) electrons. The minimum Gasteiger partial charge on any atom is -0.493 e. The van der Waals surface area contributed by atoms with Crippen LogP contribution in [-0.2, 0) is 5.41 Å². The highest BCUT2D eigenvalue weighted by molar-refractivity contribution is 5.41. The lowest BCUT2D eigenvalue weighted by molar-refractivity contribution is 0.250. The van der Waals surface area contributed by atoms with Gasteiger partial charge in [0.15, 0.2) is 0 Å². The lowest BCUT2D eigenvalue weighted by Crippen LogP contribution is -2.30. The molecule has 0 amide bonds. The Labute approximate surface area is 123 Å². The van der Waals surface area contributed by atoms with E-state index in [2.05, 4.69) is 51.2 Å². The monoisotopic (exact) mass is 275 g/mol. The first-order valence-corrected chi connectivity index (χ1v) is 7.91. The molecular weight excluding hydrogens is 246 g/mol. The van der Waals surface area contributed by atoms with E-state index in [0.29, 0.717) is 0 Å². The summed E-state index contributed by atoms with van der Waals surface area (Å²) < 4.78 is 6.12. The van der Waals surface area contributed by atoms with Gasteiger partial charge in [-0.1, -0.05) is 32.9 Å². The van der Waals surface area contributed by atoms with Gasteiger partial charge in [0.2, 0.25) is 0 Å². The summed E-state index contributed by atoms with van der Waals surface area (Å²) in [4.78, 5) is 0. The van der Waals surface area contributed by atoms with Gasteiger partial charge < -0.3 is 10.1 Å². The highest BCUT2D eigenvalue weighted by Crippen LogP contribution is 2.32.